The summed E-state index contributed by atoms with van der Waals surface area (Å²) in [6, 6.07) is 4.75. The maximum absolute atomic E-state index is 12.1. The lowest BCUT2D eigenvalue weighted by Gasteiger charge is -2.24. The maximum Gasteiger partial charge on any atom is 0.231 e. The highest BCUT2D eigenvalue weighted by Gasteiger charge is 2.17. The van der Waals surface area contributed by atoms with Crippen LogP contribution in [0.2, 0.25) is 10.0 Å². The molecule has 0 atom stereocenters. The molecule has 0 heterocycles. The number of hydrogen-bond acceptors (Lipinski definition) is 3. The van der Waals surface area contributed by atoms with Gasteiger partial charge in [0.1, 0.15) is 0 Å². The number of Topliss-reactive ketones (excluding diaryl/α,β-unsaturated/α-hetero) is 1. The third-order valence-electron chi connectivity index (χ3n) is 2.68. The van der Waals surface area contributed by atoms with E-state index in [1.807, 2.05) is 13.8 Å². The van der Waals surface area contributed by atoms with E-state index in [0.717, 1.165) is 0 Å². The van der Waals surface area contributed by atoms with Crippen LogP contribution in [0.1, 0.15) is 24.2 Å². The Morgan fingerprint density at radius 1 is 1.21 bits per heavy atom. The van der Waals surface area contributed by atoms with Crippen molar-refractivity contribution in [3.63, 3.8) is 0 Å². The first kappa shape index (κ1) is 16.0. The number of benzene rings is 1. The molecule has 0 aliphatic heterocycles. The largest absolute Gasteiger partial charge is 0.369 e. The topological polar surface area (TPSA) is 63.4 Å². The van der Waals surface area contributed by atoms with E-state index in [9.17, 15) is 9.59 Å². The van der Waals surface area contributed by atoms with E-state index in [4.69, 9.17) is 28.9 Å². The number of nitrogens with two attached hydrogens (primary N) is 1. The molecule has 1 amide bonds. The van der Waals surface area contributed by atoms with Crippen LogP contribution in [0.25, 0.3) is 0 Å². The number of carbonyl (C=O) groups is 2. The summed E-state index contributed by atoms with van der Waals surface area (Å²) in [5.74, 6) is -0.593. The summed E-state index contributed by atoms with van der Waals surface area (Å²) in [5.41, 5.74) is 5.62. The summed E-state index contributed by atoms with van der Waals surface area (Å²) >= 11 is 11.7. The van der Waals surface area contributed by atoms with E-state index in [1.165, 1.54) is 6.07 Å². The normalized spacial score (nSPS) is 11.1. The number of amides is 1. The van der Waals surface area contributed by atoms with Crippen LogP contribution in [-0.4, -0.2) is 35.7 Å². The van der Waals surface area contributed by atoms with E-state index in [0.29, 0.717) is 15.6 Å². The van der Waals surface area contributed by atoms with Gasteiger partial charge in [-0.2, -0.15) is 0 Å². The molecule has 0 saturated carbocycles. The van der Waals surface area contributed by atoms with Crippen LogP contribution in [0, 0.1) is 0 Å². The van der Waals surface area contributed by atoms with Gasteiger partial charge in [-0.3, -0.25) is 14.5 Å². The molecule has 0 radical (unpaired) electrons. The fourth-order valence-corrected chi connectivity index (χ4v) is 1.86. The molecule has 0 aliphatic carbocycles. The Balaban J connectivity index is 2.81. The molecular formula is C13H16Cl2N2O2. The van der Waals surface area contributed by atoms with Gasteiger partial charge in [0, 0.05) is 11.6 Å². The van der Waals surface area contributed by atoms with Gasteiger partial charge in [0.05, 0.1) is 23.1 Å². The summed E-state index contributed by atoms with van der Waals surface area (Å²) in [6.45, 7) is 3.94. The molecule has 1 aromatic rings. The lowest BCUT2D eigenvalue weighted by molar-refractivity contribution is -0.119. The molecule has 0 spiro atoms. The summed E-state index contributed by atoms with van der Waals surface area (Å²) in [4.78, 5) is 24.8. The Kier molecular flexibility index (Phi) is 5.79. The predicted molar refractivity (Wildman–Crippen MR) is 76.7 cm³/mol. The zero-order valence-electron chi connectivity index (χ0n) is 10.8. The number of nitrogens with zero attached hydrogens (tertiary/aromatic N) is 1. The van der Waals surface area contributed by atoms with Gasteiger partial charge in [-0.15, -0.1) is 0 Å². The molecule has 104 valence electrons. The minimum atomic E-state index is -0.462. The summed E-state index contributed by atoms with van der Waals surface area (Å²) in [7, 11) is 0. The third kappa shape index (κ3) is 4.82. The van der Waals surface area contributed by atoms with Gasteiger partial charge < -0.3 is 5.73 Å². The molecule has 0 unspecified atom stereocenters. The molecule has 0 saturated heterocycles. The van der Waals surface area contributed by atoms with Crippen molar-refractivity contribution in [1.29, 1.82) is 0 Å². The first-order valence-corrected chi connectivity index (χ1v) is 6.57. The van der Waals surface area contributed by atoms with Crippen molar-refractivity contribution in [3.05, 3.63) is 33.8 Å². The molecule has 19 heavy (non-hydrogen) atoms. The summed E-state index contributed by atoms with van der Waals surface area (Å²) in [5, 5.41) is 0.731. The van der Waals surface area contributed by atoms with Gasteiger partial charge in [-0.05, 0) is 32.0 Å². The molecule has 6 heteroatoms. The van der Waals surface area contributed by atoms with Gasteiger partial charge >= 0.3 is 0 Å². The van der Waals surface area contributed by atoms with Crippen molar-refractivity contribution in [2.75, 3.05) is 13.1 Å². The number of hydrogen-bond donors (Lipinski definition) is 1. The van der Waals surface area contributed by atoms with Crippen LogP contribution in [0.4, 0.5) is 0 Å². The van der Waals surface area contributed by atoms with Crippen molar-refractivity contribution in [1.82, 2.24) is 4.90 Å². The van der Waals surface area contributed by atoms with E-state index in [1.54, 1.807) is 17.0 Å². The van der Waals surface area contributed by atoms with E-state index < -0.39 is 5.91 Å². The molecule has 0 aromatic heterocycles. The Hall–Kier alpha value is -1.10. The van der Waals surface area contributed by atoms with E-state index in [-0.39, 0.29) is 24.9 Å². The Bertz CT molecular complexity index is 490. The number of rotatable bonds is 6. The molecule has 1 aromatic carbocycles. The number of primary amides is 1. The fraction of sp³-hybridized carbons (Fsp3) is 0.385. The summed E-state index contributed by atoms with van der Waals surface area (Å²) < 4.78 is 0. The third-order valence-corrected chi connectivity index (χ3v) is 3.42. The first-order chi connectivity index (χ1) is 8.81. The Morgan fingerprint density at radius 2 is 1.84 bits per heavy atom. The zero-order valence-corrected chi connectivity index (χ0v) is 12.3. The van der Waals surface area contributed by atoms with E-state index >= 15 is 0 Å². The van der Waals surface area contributed by atoms with Crippen LogP contribution in [0.5, 0.6) is 0 Å². The SMILES string of the molecule is CC(C)N(CC(N)=O)CC(=O)c1ccc(Cl)c(Cl)c1. The highest BCUT2D eigenvalue weighted by Crippen LogP contribution is 2.23. The van der Waals surface area contributed by atoms with Gasteiger partial charge in [0.25, 0.3) is 0 Å². The van der Waals surface area contributed by atoms with Crippen molar-refractivity contribution >= 4 is 34.9 Å². The molecule has 0 fully saturated rings. The number of halogens is 2. The second-order valence-electron chi connectivity index (χ2n) is 4.52. The minimum absolute atomic E-state index is 0.0409. The second kappa shape index (κ2) is 6.89. The average molecular weight is 303 g/mol. The first-order valence-electron chi connectivity index (χ1n) is 5.82. The monoisotopic (exact) mass is 302 g/mol. The molecule has 0 bridgehead atoms. The van der Waals surface area contributed by atoms with Gasteiger partial charge in [-0.25, -0.2) is 0 Å². The van der Waals surface area contributed by atoms with Crippen LogP contribution in [0.3, 0.4) is 0 Å². The van der Waals surface area contributed by atoms with Crippen molar-refractivity contribution in [3.8, 4) is 0 Å². The highest BCUT2D eigenvalue weighted by molar-refractivity contribution is 6.42. The van der Waals surface area contributed by atoms with Crippen LogP contribution in [-0.2, 0) is 4.79 Å². The Morgan fingerprint density at radius 3 is 2.32 bits per heavy atom. The van der Waals surface area contributed by atoms with Gasteiger partial charge in [-0.1, -0.05) is 23.2 Å². The quantitative estimate of drug-likeness (QED) is 0.821. The minimum Gasteiger partial charge on any atom is -0.369 e. The lowest BCUT2D eigenvalue weighted by Crippen LogP contribution is -2.41. The molecule has 2 N–H and O–H groups in total. The molecule has 4 nitrogen and oxygen atoms in total. The van der Waals surface area contributed by atoms with Gasteiger partial charge in [0.2, 0.25) is 5.91 Å². The highest BCUT2D eigenvalue weighted by atomic mass is 35.5. The van der Waals surface area contributed by atoms with Crippen LogP contribution in [0.15, 0.2) is 18.2 Å². The summed E-state index contributed by atoms with van der Waals surface area (Å²) in [6.07, 6.45) is 0. The smallest absolute Gasteiger partial charge is 0.231 e. The van der Waals surface area contributed by atoms with Crippen molar-refractivity contribution in [2.45, 2.75) is 19.9 Å². The maximum atomic E-state index is 12.1. The average Bonchev–Trinajstić information content (AvgIpc) is 2.31. The fourth-order valence-electron chi connectivity index (χ4n) is 1.57. The standard InChI is InChI=1S/C13H16Cl2N2O2/c1-8(2)17(7-13(16)19)6-12(18)9-3-4-10(14)11(15)5-9/h3-5,8H,6-7H2,1-2H3,(H2,16,19). The zero-order chi connectivity index (χ0) is 14.6. The Labute approximate surface area is 122 Å². The molecular weight excluding hydrogens is 287 g/mol. The lowest BCUT2D eigenvalue weighted by atomic mass is 10.1. The number of ketones is 1. The van der Waals surface area contributed by atoms with Gasteiger partial charge in [0.15, 0.2) is 5.78 Å². The predicted octanol–water partition coefficient (Wildman–Crippen LogP) is 2.37. The second-order valence-corrected chi connectivity index (χ2v) is 5.33. The molecule has 1 rings (SSSR count). The van der Waals surface area contributed by atoms with Crippen LogP contribution < -0.4 is 5.73 Å². The molecule has 0 aliphatic rings. The van der Waals surface area contributed by atoms with E-state index in [2.05, 4.69) is 0 Å². The number of carbonyl (C=O) groups excluding carboxylic acids is 2. The van der Waals surface area contributed by atoms with Crippen LogP contribution >= 0.6 is 23.2 Å². The van der Waals surface area contributed by atoms with Crippen molar-refractivity contribution < 1.29 is 9.59 Å². The van der Waals surface area contributed by atoms with Crippen molar-refractivity contribution in [2.24, 2.45) is 5.73 Å².